The molecule has 0 unspecified atom stereocenters. The van der Waals surface area contributed by atoms with Crippen LogP contribution in [0.5, 0.6) is 11.5 Å². The highest BCUT2D eigenvalue weighted by atomic mass is 32.2. The Morgan fingerprint density at radius 3 is 2.36 bits per heavy atom. The molecular weight excluding hydrogens is 304 g/mol. The number of ether oxygens (including phenoxy) is 2. The van der Waals surface area contributed by atoms with Gasteiger partial charge in [0.1, 0.15) is 0 Å². The van der Waals surface area contributed by atoms with E-state index in [4.69, 9.17) is 9.47 Å². The maximum Gasteiger partial charge on any atom is 0.211 e. The lowest BCUT2D eigenvalue weighted by molar-refractivity contribution is 0.182. The molecule has 1 aromatic rings. The van der Waals surface area contributed by atoms with Gasteiger partial charge in [0, 0.05) is 32.7 Å². The summed E-state index contributed by atoms with van der Waals surface area (Å²) in [7, 11) is -1.44. The molecule has 0 atom stereocenters. The number of benzene rings is 1. The molecule has 1 aromatic carbocycles. The molecule has 0 aromatic heterocycles. The number of methoxy groups -OCH3 is 1. The van der Waals surface area contributed by atoms with E-state index in [2.05, 4.69) is 4.90 Å². The standard InChI is InChI=1S/C15H24N2O4S/c1-4-21-14-6-5-13(11-15(14)20-2)12-16-7-9-17(10-8-16)22(3,18)19/h5-6,11H,4,7-10,12H2,1-3H3. The Kier molecular flexibility index (Phi) is 5.66. The number of rotatable bonds is 6. The zero-order chi connectivity index (χ0) is 16.2. The van der Waals surface area contributed by atoms with Crippen molar-refractivity contribution < 1.29 is 17.9 Å². The molecule has 0 radical (unpaired) electrons. The van der Waals surface area contributed by atoms with Crippen molar-refractivity contribution in [3.8, 4) is 11.5 Å². The third-order valence-electron chi connectivity index (χ3n) is 3.73. The van der Waals surface area contributed by atoms with Crippen LogP contribution in [-0.2, 0) is 16.6 Å². The minimum Gasteiger partial charge on any atom is -0.493 e. The van der Waals surface area contributed by atoms with Crippen LogP contribution in [0.3, 0.4) is 0 Å². The smallest absolute Gasteiger partial charge is 0.211 e. The summed E-state index contributed by atoms with van der Waals surface area (Å²) < 4.78 is 35.4. The van der Waals surface area contributed by atoms with Crippen molar-refractivity contribution in [2.45, 2.75) is 13.5 Å². The molecule has 124 valence electrons. The summed E-state index contributed by atoms with van der Waals surface area (Å²) in [6.07, 6.45) is 1.26. The minimum absolute atomic E-state index is 0.549. The summed E-state index contributed by atoms with van der Waals surface area (Å²) in [6.45, 7) is 5.89. The maximum absolute atomic E-state index is 11.5. The van der Waals surface area contributed by atoms with E-state index in [1.807, 2.05) is 25.1 Å². The molecule has 7 heteroatoms. The van der Waals surface area contributed by atoms with Gasteiger partial charge in [0.25, 0.3) is 0 Å². The lowest BCUT2D eigenvalue weighted by atomic mass is 10.1. The van der Waals surface area contributed by atoms with Gasteiger partial charge in [-0.25, -0.2) is 8.42 Å². The molecule has 1 aliphatic heterocycles. The van der Waals surface area contributed by atoms with Crippen molar-refractivity contribution in [2.24, 2.45) is 0 Å². The summed E-state index contributed by atoms with van der Waals surface area (Å²) in [5.41, 5.74) is 1.13. The Hall–Kier alpha value is -1.31. The number of nitrogens with zero attached hydrogens (tertiary/aromatic N) is 2. The highest BCUT2D eigenvalue weighted by Gasteiger charge is 2.23. The van der Waals surface area contributed by atoms with E-state index in [1.165, 1.54) is 10.6 Å². The van der Waals surface area contributed by atoms with E-state index in [0.29, 0.717) is 19.7 Å². The van der Waals surface area contributed by atoms with Crippen molar-refractivity contribution in [1.82, 2.24) is 9.21 Å². The average molecular weight is 328 g/mol. The van der Waals surface area contributed by atoms with Gasteiger partial charge in [-0.05, 0) is 24.6 Å². The summed E-state index contributed by atoms with van der Waals surface area (Å²) in [5.74, 6) is 1.48. The largest absolute Gasteiger partial charge is 0.493 e. The van der Waals surface area contributed by atoms with E-state index in [-0.39, 0.29) is 0 Å². The van der Waals surface area contributed by atoms with E-state index >= 15 is 0 Å². The van der Waals surface area contributed by atoms with Crippen LogP contribution in [0.25, 0.3) is 0 Å². The molecule has 0 amide bonds. The molecule has 22 heavy (non-hydrogen) atoms. The van der Waals surface area contributed by atoms with Gasteiger partial charge in [-0.2, -0.15) is 4.31 Å². The number of hydrogen-bond donors (Lipinski definition) is 0. The van der Waals surface area contributed by atoms with E-state index in [9.17, 15) is 8.42 Å². The number of sulfonamides is 1. The normalized spacial score (nSPS) is 17.4. The molecule has 0 N–H and O–H groups in total. The topological polar surface area (TPSA) is 59.1 Å². The Balaban J connectivity index is 1.97. The molecular formula is C15H24N2O4S. The molecule has 6 nitrogen and oxygen atoms in total. The molecule has 0 bridgehead atoms. The highest BCUT2D eigenvalue weighted by molar-refractivity contribution is 7.88. The van der Waals surface area contributed by atoms with Gasteiger partial charge < -0.3 is 9.47 Å². The van der Waals surface area contributed by atoms with Crippen LogP contribution in [0.2, 0.25) is 0 Å². The van der Waals surface area contributed by atoms with Crippen LogP contribution >= 0.6 is 0 Å². The summed E-state index contributed by atoms with van der Waals surface area (Å²) in [5, 5.41) is 0. The Bertz CT molecular complexity index is 596. The average Bonchev–Trinajstić information content (AvgIpc) is 2.48. The fourth-order valence-electron chi connectivity index (χ4n) is 2.56. The second kappa shape index (κ2) is 7.30. The van der Waals surface area contributed by atoms with Crippen LogP contribution in [0.4, 0.5) is 0 Å². The minimum atomic E-state index is -3.07. The zero-order valence-corrected chi connectivity index (χ0v) is 14.2. The Morgan fingerprint density at radius 2 is 1.82 bits per heavy atom. The second-order valence-corrected chi connectivity index (χ2v) is 7.34. The third-order valence-corrected chi connectivity index (χ3v) is 5.04. The first-order chi connectivity index (χ1) is 10.4. The highest BCUT2D eigenvalue weighted by Crippen LogP contribution is 2.28. The van der Waals surface area contributed by atoms with Crippen molar-refractivity contribution in [3.63, 3.8) is 0 Å². The molecule has 0 aliphatic carbocycles. The lowest BCUT2D eigenvalue weighted by Crippen LogP contribution is -2.47. The van der Waals surface area contributed by atoms with Gasteiger partial charge in [-0.1, -0.05) is 6.07 Å². The molecule has 1 heterocycles. The van der Waals surface area contributed by atoms with E-state index in [1.54, 1.807) is 7.11 Å². The number of hydrogen-bond acceptors (Lipinski definition) is 5. The third kappa shape index (κ3) is 4.34. The maximum atomic E-state index is 11.5. The first-order valence-electron chi connectivity index (χ1n) is 7.41. The van der Waals surface area contributed by atoms with Gasteiger partial charge >= 0.3 is 0 Å². The second-order valence-electron chi connectivity index (χ2n) is 5.36. The predicted octanol–water partition coefficient (Wildman–Crippen LogP) is 1.17. The van der Waals surface area contributed by atoms with Crippen LogP contribution in [0.1, 0.15) is 12.5 Å². The predicted molar refractivity (Wildman–Crippen MR) is 85.9 cm³/mol. The van der Waals surface area contributed by atoms with Gasteiger partial charge in [0.15, 0.2) is 11.5 Å². The van der Waals surface area contributed by atoms with Crippen molar-refractivity contribution in [3.05, 3.63) is 23.8 Å². The lowest BCUT2D eigenvalue weighted by Gasteiger charge is -2.33. The Labute approximate surface area is 132 Å². The molecule has 1 aliphatic rings. The van der Waals surface area contributed by atoms with Gasteiger partial charge in [-0.15, -0.1) is 0 Å². The molecule has 0 spiro atoms. The first kappa shape index (κ1) is 17.1. The molecule has 1 fully saturated rings. The van der Waals surface area contributed by atoms with Crippen LogP contribution < -0.4 is 9.47 Å². The number of piperazine rings is 1. The van der Waals surface area contributed by atoms with Crippen molar-refractivity contribution in [2.75, 3.05) is 46.2 Å². The summed E-state index contributed by atoms with van der Waals surface area (Å²) in [4.78, 5) is 2.25. The SMILES string of the molecule is CCOc1ccc(CN2CCN(S(C)(=O)=O)CC2)cc1OC. The van der Waals surface area contributed by atoms with Gasteiger partial charge in [-0.3, -0.25) is 4.90 Å². The van der Waals surface area contributed by atoms with Crippen LogP contribution in [0, 0.1) is 0 Å². The Morgan fingerprint density at radius 1 is 1.14 bits per heavy atom. The van der Waals surface area contributed by atoms with E-state index < -0.39 is 10.0 Å². The molecule has 2 rings (SSSR count). The molecule has 0 saturated carbocycles. The zero-order valence-electron chi connectivity index (χ0n) is 13.4. The molecule has 1 saturated heterocycles. The fraction of sp³-hybridized carbons (Fsp3) is 0.600. The summed E-state index contributed by atoms with van der Waals surface area (Å²) in [6, 6.07) is 5.93. The van der Waals surface area contributed by atoms with Crippen molar-refractivity contribution >= 4 is 10.0 Å². The quantitative estimate of drug-likeness (QED) is 0.784. The fourth-order valence-corrected chi connectivity index (χ4v) is 3.39. The van der Waals surface area contributed by atoms with Gasteiger partial charge in [0.2, 0.25) is 10.0 Å². The first-order valence-corrected chi connectivity index (χ1v) is 9.26. The summed E-state index contributed by atoms with van der Waals surface area (Å²) >= 11 is 0. The van der Waals surface area contributed by atoms with Gasteiger partial charge in [0.05, 0.1) is 20.0 Å². The van der Waals surface area contributed by atoms with Crippen LogP contribution in [0.15, 0.2) is 18.2 Å². The van der Waals surface area contributed by atoms with Crippen molar-refractivity contribution in [1.29, 1.82) is 0 Å². The van der Waals surface area contributed by atoms with E-state index in [0.717, 1.165) is 36.7 Å². The monoisotopic (exact) mass is 328 g/mol. The van der Waals surface area contributed by atoms with Crippen LogP contribution in [-0.4, -0.2) is 63.8 Å².